The molecule has 0 bridgehead atoms. The van der Waals surface area contributed by atoms with E-state index in [2.05, 4.69) is 20.7 Å². The van der Waals surface area contributed by atoms with E-state index < -0.39 is 24.5 Å². The summed E-state index contributed by atoms with van der Waals surface area (Å²) in [6.45, 7) is 0.485. The smallest absolute Gasteiger partial charge is 0.348 e. The molecular formula is C20H18F3N5O2. The molecule has 1 saturated carbocycles. The van der Waals surface area contributed by atoms with Crippen LogP contribution < -0.4 is 10.6 Å². The third-order valence-electron chi connectivity index (χ3n) is 4.61. The maximum Gasteiger partial charge on any atom is 0.408 e. The van der Waals surface area contributed by atoms with Gasteiger partial charge >= 0.3 is 6.18 Å². The highest BCUT2D eigenvalue weighted by atomic mass is 19.4. The van der Waals surface area contributed by atoms with Gasteiger partial charge in [-0.25, -0.2) is 9.67 Å². The normalized spacial score (nSPS) is 14.0. The number of aryl methyl sites for hydroxylation is 1. The number of hydrogen-bond acceptors (Lipinski definition) is 4. The van der Waals surface area contributed by atoms with Crippen LogP contribution in [-0.4, -0.2) is 38.8 Å². The third kappa shape index (κ3) is 4.42. The number of nitrogens with zero attached hydrogens (tertiary/aromatic N) is 3. The van der Waals surface area contributed by atoms with E-state index in [1.165, 1.54) is 12.1 Å². The van der Waals surface area contributed by atoms with E-state index in [-0.39, 0.29) is 28.6 Å². The van der Waals surface area contributed by atoms with Crippen molar-refractivity contribution in [3.63, 3.8) is 0 Å². The zero-order chi connectivity index (χ0) is 21.5. The number of carbonyl (C=O) groups excluding carboxylic acids is 2. The summed E-state index contributed by atoms with van der Waals surface area (Å²) >= 11 is 0. The number of benzene rings is 1. The van der Waals surface area contributed by atoms with Crippen LogP contribution in [-0.2, 0) is 6.54 Å². The molecule has 30 heavy (non-hydrogen) atoms. The fraction of sp³-hybridized carbons (Fsp3) is 0.300. The molecule has 156 valence electrons. The van der Waals surface area contributed by atoms with Crippen molar-refractivity contribution in [3.05, 3.63) is 53.2 Å². The number of pyridine rings is 1. The van der Waals surface area contributed by atoms with Crippen LogP contribution in [0.2, 0.25) is 0 Å². The number of fused-ring (bicyclic) bond motifs is 1. The van der Waals surface area contributed by atoms with Crippen LogP contribution in [0.15, 0.2) is 36.4 Å². The van der Waals surface area contributed by atoms with Crippen molar-refractivity contribution < 1.29 is 22.8 Å². The fourth-order valence-corrected chi connectivity index (χ4v) is 2.94. The Labute approximate surface area is 169 Å². The third-order valence-corrected chi connectivity index (χ3v) is 4.61. The first-order valence-electron chi connectivity index (χ1n) is 9.33. The summed E-state index contributed by atoms with van der Waals surface area (Å²) in [6, 6.07) is 9.72. The van der Waals surface area contributed by atoms with Gasteiger partial charge in [0, 0.05) is 11.6 Å². The van der Waals surface area contributed by atoms with Gasteiger partial charge in [0.15, 0.2) is 11.3 Å². The van der Waals surface area contributed by atoms with Crippen LogP contribution in [0.1, 0.15) is 39.3 Å². The number of halogens is 3. The van der Waals surface area contributed by atoms with Crippen molar-refractivity contribution in [2.45, 2.75) is 38.5 Å². The van der Waals surface area contributed by atoms with E-state index >= 15 is 0 Å². The predicted octanol–water partition coefficient (Wildman–Crippen LogP) is 3.45. The average Bonchev–Trinajstić information content (AvgIpc) is 3.42. The summed E-state index contributed by atoms with van der Waals surface area (Å²) in [7, 11) is 0. The van der Waals surface area contributed by atoms with Crippen LogP contribution in [0.4, 0.5) is 19.0 Å². The minimum atomic E-state index is -4.55. The Balaban J connectivity index is 1.67. The van der Waals surface area contributed by atoms with Gasteiger partial charge in [0.25, 0.3) is 11.8 Å². The Hall–Kier alpha value is -3.43. The zero-order valence-electron chi connectivity index (χ0n) is 16.0. The Morgan fingerprint density at radius 2 is 1.80 bits per heavy atom. The minimum Gasteiger partial charge on any atom is -0.348 e. The van der Waals surface area contributed by atoms with Gasteiger partial charge in [-0.2, -0.15) is 18.3 Å². The van der Waals surface area contributed by atoms with Gasteiger partial charge < -0.3 is 10.6 Å². The Morgan fingerprint density at radius 3 is 2.43 bits per heavy atom. The lowest BCUT2D eigenvalue weighted by Gasteiger charge is -2.08. The number of hydrogen-bond donors (Lipinski definition) is 2. The Bertz CT molecular complexity index is 1120. The first-order valence-corrected chi connectivity index (χ1v) is 9.33. The summed E-state index contributed by atoms with van der Waals surface area (Å²) in [5.41, 5.74) is 1.12. The molecule has 0 aliphatic heterocycles. The lowest BCUT2D eigenvalue weighted by atomic mass is 10.1. The van der Waals surface area contributed by atoms with Crippen molar-refractivity contribution in [1.29, 1.82) is 0 Å². The van der Waals surface area contributed by atoms with Crippen molar-refractivity contribution in [2.24, 2.45) is 0 Å². The zero-order valence-corrected chi connectivity index (χ0v) is 16.0. The molecule has 10 heteroatoms. The standard InChI is InChI=1S/C20H18F3N5O2/c1-11-2-4-12(5-3-11)18(29)26-15-9-8-14-16(19(30)24-13-6-7-13)27-28(17(14)25-15)10-20(21,22)23/h2-5,8-9,13H,6-7,10H2,1H3,(H,24,30)(H,25,26,29). The van der Waals surface area contributed by atoms with Gasteiger partial charge in [-0.15, -0.1) is 0 Å². The highest BCUT2D eigenvalue weighted by Gasteiger charge is 2.32. The molecule has 2 heterocycles. The summed E-state index contributed by atoms with van der Waals surface area (Å²) in [4.78, 5) is 28.9. The van der Waals surface area contributed by atoms with Crippen molar-refractivity contribution >= 4 is 28.7 Å². The number of nitrogens with one attached hydrogen (secondary N) is 2. The van der Waals surface area contributed by atoms with E-state index in [1.807, 2.05) is 6.92 Å². The molecule has 3 aromatic rings. The second-order valence-electron chi connectivity index (χ2n) is 7.26. The second-order valence-corrected chi connectivity index (χ2v) is 7.26. The van der Waals surface area contributed by atoms with E-state index in [0.29, 0.717) is 10.2 Å². The van der Waals surface area contributed by atoms with Crippen molar-refractivity contribution in [2.75, 3.05) is 5.32 Å². The first kappa shape index (κ1) is 19.9. The van der Waals surface area contributed by atoms with Gasteiger partial charge in [0.1, 0.15) is 12.4 Å². The maximum atomic E-state index is 13.0. The van der Waals surface area contributed by atoms with E-state index in [4.69, 9.17) is 0 Å². The van der Waals surface area contributed by atoms with E-state index in [9.17, 15) is 22.8 Å². The molecule has 0 unspecified atom stereocenters. The van der Waals surface area contributed by atoms with E-state index in [1.54, 1.807) is 24.3 Å². The molecule has 0 radical (unpaired) electrons. The Kier molecular flexibility index (Phi) is 4.92. The summed E-state index contributed by atoms with van der Waals surface area (Å²) in [5.74, 6) is -0.928. The molecule has 0 spiro atoms. The van der Waals surface area contributed by atoms with Crippen LogP contribution in [0, 0.1) is 6.92 Å². The molecule has 7 nitrogen and oxygen atoms in total. The number of rotatable bonds is 5. The number of amides is 2. The van der Waals surface area contributed by atoms with Crippen molar-refractivity contribution in [1.82, 2.24) is 20.1 Å². The lowest BCUT2D eigenvalue weighted by molar-refractivity contribution is -0.142. The second kappa shape index (κ2) is 7.43. The fourth-order valence-electron chi connectivity index (χ4n) is 2.94. The number of aromatic nitrogens is 3. The maximum absolute atomic E-state index is 13.0. The molecule has 2 amide bonds. The van der Waals surface area contributed by atoms with Crippen LogP contribution in [0.5, 0.6) is 0 Å². The van der Waals surface area contributed by atoms with Gasteiger partial charge in [0.05, 0.1) is 5.39 Å². The van der Waals surface area contributed by atoms with E-state index in [0.717, 1.165) is 18.4 Å². The minimum absolute atomic E-state index is 0.0290. The highest BCUT2D eigenvalue weighted by Crippen LogP contribution is 2.25. The first-order chi connectivity index (χ1) is 14.2. The molecule has 0 atom stereocenters. The quantitative estimate of drug-likeness (QED) is 0.666. The molecular weight excluding hydrogens is 399 g/mol. The summed E-state index contributed by atoms with van der Waals surface area (Å²) in [6.07, 6.45) is -2.88. The van der Waals surface area contributed by atoms with Crippen molar-refractivity contribution in [3.8, 4) is 0 Å². The van der Waals surface area contributed by atoms with Crippen LogP contribution in [0.25, 0.3) is 11.0 Å². The van der Waals surface area contributed by atoms with Crippen LogP contribution in [0.3, 0.4) is 0 Å². The molecule has 0 saturated heterocycles. The average molecular weight is 417 g/mol. The number of alkyl halides is 3. The monoisotopic (exact) mass is 417 g/mol. The highest BCUT2D eigenvalue weighted by molar-refractivity contribution is 6.06. The molecule has 1 aliphatic rings. The molecule has 1 fully saturated rings. The number of anilines is 1. The topological polar surface area (TPSA) is 88.9 Å². The lowest BCUT2D eigenvalue weighted by Crippen LogP contribution is -2.26. The van der Waals surface area contributed by atoms with Gasteiger partial charge in [-0.3, -0.25) is 9.59 Å². The summed E-state index contributed by atoms with van der Waals surface area (Å²) in [5, 5.41) is 9.32. The molecule has 2 N–H and O–H groups in total. The van der Waals surface area contributed by atoms with Gasteiger partial charge in [-0.05, 0) is 44.0 Å². The molecule has 1 aliphatic carbocycles. The molecule has 2 aromatic heterocycles. The van der Waals surface area contributed by atoms with Crippen LogP contribution >= 0.6 is 0 Å². The van der Waals surface area contributed by atoms with Gasteiger partial charge in [-0.1, -0.05) is 17.7 Å². The Morgan fingerprint density at radius 1 is 1.10 bits per heavy atom. The molecule has 4 rings (SSSR count). The SMILES string of the molecule is Cc1ccc(C(=O)Nc2ccc3c(C(=O)NC4CC4)nn(CC(F)(F)F)c3n2)cc1. The largest absolute Gasteiger partial charge is 0.408 e. The number of carbonyl (C=O) groups is 2. The molecule has 1 aromatic carbocycles. The van der Waals surface area contributed by atoms with Gasteiger partial charge in [0.2, 0.25) is 0 Å². The summed E-state index contributed by atoms with van der Waals surface area (Å²) < 4.78 is 39.7. The predicted molar refractivity (Wildman–Crippen MR) is 103 cm³/mol.